The zero-order chi connectivity index (χ0) is 21.5. The number of hydrogen-bond donors (Lipinski definition) is 0. The molecule has 0 saturated heterocycles. The van der Waals surface area contributed by atoms with E-state index in [4.69, 9.17) is 28.4 Å². The second kappa shape index (κ2) is 14.7. The van der Waals surface area contributed by atoms with Crippen LogP contribution in [0.2, 0.25) is 0 Å². The van der Waals surface area contributed by atoms with E-state index in [-0.39, 0.29) is 25.4 Å². The van der Waals surface area contributed by atoms with E-state index in [0.717, 1.165) is 6.42 Å². The van der Waals surface area contributed by atoms with Gasteiger partial charge in [0.05, 0.1) is 38.6 Å². The lowest BCUT2D eigenvalue weighted by Crippen LogP contribution is -2.34. The highest BCUT2D eigenvalue weighted by molar-refractivity contribution is 6.03. The minimum atomic E-state index is -1.16. The Labute approximate surface area is 174 Å². The van der Waals surface area contributed by atoms with Gasteiger partial charge in [-0.2, -0.15) is 0 Å². The van der Waals surface area contributed by atoms with Gasteiger partial charge in [0.25, 0.3) is 0 Å². The second-order valence-corrected chi connectivity index (χ2v) is 7.17. The first kappa shape index (κ1) is 25.8. The summed E-state index contributed by atoms with van der Waals surface area (Å²) in [6.07, 6.45) is 2.09. The average Bonchev–Trinajstić information content (AvgIpc) is 3.53. The third-order valence-corrected chi connectivity index (χ3v) is 4.60. The molecule has 1 rings (SSSR count). The van der Waals surface area contributed by atoms with Crippen molar-refractivity contribution in [3.63, 3.8) is 0 Å². The molecule has 1 aliphatic rings. The number of hydrogen-bond acceptors (Lipinski definition) is 8. The molecule has 8 nitrogen and oxygen atoms in total. The van der Waals surface area contributed by atoms with E-state index in [9.17, 15) is 9.59 Å². The van der Waals surface area contributed by atoms with Crippen LogP contribution in [0.25, 0.3) is 0 Å². The molecule has 1 aliphatic carbocycles. The van der Waals surface area contributed by atoms with Crippen LogP contribution in [-0.2, 0) is 38.0 Å². The minimum absolute atomic E-state index is 0.0957. The van der Waals surface area contributed by atoms with Gasteiger partial charge in [0, 0.05) is 13.2 Å². The standard InChI is InChI=1S/C21H38O8/c1-5-10-25-12-14-27-18(6-2)16-29-20(23)21(8-9-21)19(22)28-15-17(4)26-13-11-24-7-3/h17-18H,5-16H2,1-4H3. The Morgan fingerprint density at radius 2 is 1.45 bits per heavy atom. The number of ether oxygens (including phenoxy) is 6. The molecule has 0 N–H and O–H groups in total. The topological polar surface area (TPSA) is 89.5 Å². The van der Waals surface area contributed by atoms with Crippen molar-refractivity contribution in [1.29, 1.82) is 0 Å². The fourth-order valence-corrected chi connectivity index (χ4v) is 2.56. The quantitative estimate of drug-likeness (QED) is 0.191. The van der Waals surface area contributed by atoms with E-state index >= 15 is 0 Å². The van der Waals surface area contributed by atoms with Crippen molar-refractivity contribution in [2.24, 2.45) is 5.41 Å². The zero-order valence-corrected chi connectivity index (χ0v) is 18.4. The van der Waals surface area contributed by atoms with Crippen molar-refractivity contribution < 1.29 is 38.0 Å². The molecule has 2 atom stereocenters. The summed E-state index contributed by atoms with van der Waals surface area (Å²) >= 11 is 0. The van der Waals surface area contributed by atoms with Gasteiger partial charge in [0.15, 0.2) is 5.41 Å². The lowest BCUT2D eigenvalue weighted by molar-refractivity contribution is -0.169. The molecule has 1 saturated carbocycles. The van der Waals surface area contributed by atoms with Gasteiger partial charge in [0.2, 0.25) is 0 Å². The molecule has 0 aromatic heterocycles. The largest absolute Gasteiger partial charge is 0.462 e. The predicted molar refractivity (Wildman–Crippen MR) is 107 cm³/mol. The molecule has 1 fully saturated rings. The van der Waals surface area contributed by atoms with Gasteiger partial charge >= 0.3 is 11.9 Å². The van der Waals surface area contributed by atoms with E-state index in [1.165, 1.54) is 0 Å². The summed E-state index contributed by atoms with van der Waals surface area (Å²) in [5.41, 5.74) is -1.16. The van der Waals surface area contributed by atoms with Crippen LogP contribution < -0.4 is 0 Å². The maximum atomic E-state index is 12.4. The number of esters is 2. The van der Waals surface area contributed by atoms with Crippen LogP contribution in [0.3, 0.4) is 0 Å². The van der Waals surface area contributed by atoms with E-state index in [0.29, 0.717) is 58.9 Å². The first-order chi connectivity index (χ1) is 14.0. The highest BCUT2D eigenvalue weighted by atomic mass is 16.6. The molecule has 0 bridgehead atoms. The van der Waals surface area contributed by atoms with Crippen molar-refractivity contribution in [2.45, 2.75) is 65.6 Å². The number of carbonyl (C=O) groups excluding carboxylic acids is 2. The predicted octanol–water partition coefficient (Wildman–Crippen LogP) is 2.52. The first-order valence-corrected chi connectivity index (χ1v) is 10.7. The van der Waals surface area contributed by atoms with Gasteiger partial charge in [-0.25, -0.2) is 0 Å². The summed E-state index contributed by atoms with van der Waals surface area (Å²) in [6.45, 7) is 11.2. The normalized spacial score (nSPS) is 16.8. The lowest BCUT2D eigenvalue weighted by atomic mass is 10.1. The minimum Gasteiger partial charge on any atom is -0.462 e. The van der Waals surface area contributed by atoms with Gasteiger partial charge in [-0.3, -0.25) is 9.59 Å². The third-order valence-electron chi connectivity index (χ3n) is 4.60. The fraction of sp³-hybridized carbons (Fsp3) is 0.905. The maximum absolute atomic E-state index is 12.4. The molecule has 8 heteroatoms. The molecule has 0 spiro atoms. The van der Waals surface area contributed by atoms with Crippen LogP contribution in [0.1, 0.15) is 53.4 Å². The monoisotopic (exact) mass is 418 g/mol. The molecule has 0 aromatic rings. The molecular weight excluding hydrogens is 380 g/mol. The van der Waals surface area contributed by atoms with E-state index in [2.05, 4.69) is 0 Å². The van der Waals surface area contributed by atoms with E-state index < -0.39 is 17.4 Å². The lowest BCUT2D eigenvalue weighted by Gasteiger charge is -2.19. The first-order valence-electron chi connectivity index (χ1n) is 10.7. The van der Waals surface area contributed by atoms with E-state index in [1.807, 2.05) is 27.7 Å². The van der Waals surface area contributed by atoms with Crippen LogP contribution in [0, 0.1) is 5.41 Å². The van der Waals surface area contributed by atoms with Crippen LogP contribution in [0.5, 0.6) is 0 Å². The van der Waals surface area contributed by atoms with Gasteiger partial charge in [-0.15, -0.1) is 0 Å². The number of carbonyl (C=O) groups is 2. The van der Waals surface area contributed by atoms with Crippen LogP contribution in [0.4, 0.5) is 0 Å². The van der Waals surface area contributed by atoms with E-state index in [1.54, 1.807) is 0 Å². The average molecular weight is 419 g/mol. The Kier molecular flexibility index (Phi) is 13.1. The van der Waals surface area contributed by atoms with Gasteiger partial charge in [-0.1, -0.05) is 13.8 Å². The second-order valence-electron chi connectivity index (χ2n) is 7.17. The molecular formula is C21H38O8. The van der Waals surface area contributed by atoms with Crippen LogP contribution in [0.15, 0.2) is 0 Å². The smallest absolute Gasteiger partial charge is 0.323 e. The SMILES string of the molecule is CCCOCCOC(CC)COC(=O)C1(C(=O)OCC(C)OCCOCC)CC1. The van der Waals surface area contributed by atoms with Gasteiger partial charge in [0.1, 0.15) is 13.2 Å². The summed E-state index contributed by atoms with van der Waals surface area (Å²) in [7, 11) is 0. The summed E-state index contributed by atoms with van der Waals surface area (Å²) < 4.78 is 32.4. The molecule has 0 heterocycles. The van der Waals surface area contributed by atoms with Crippen molar-refractivity contribution >= 4 is 11.9 Å². The fourth-order valence-electron chi connectivity index (χ4n) is 2.56. The Bertz CT molecular complexity index is 464. The molecule has 0 amide bonds. The third kappa shape index (κ3) is 9.89. The van der Waals surface area contributed by atoms with Crippen molar-refractivity contribution in [3.8, 4) is 0 Å². The molecule has 0 radical (unpaired) electrons. The highest BCUT2D eigenvalue weighted by Crippen LogP contribution is 2.48. The Morgan fingerprint density at radius 1 is 0.828 bits per heavy atom. The number of rotatable bonds is 18. The van der Waals surface area contributed by atoms with Gasteiger partial charge < -0.3 is 28.4 Å². The molecule has 0 aliphatic heterocycles. The van der Waals surface area contributed by atoms with Crippen molar-refractivity contribution in [1.82, 2.24) is 0 Å². The molecule has 170 valence electrons. The molecule has 29 heavy (non-hydrogen) atoms. The maximum Gasteiger partial charge on any atom is 0.323 e. The Balaban J connectivity index is 2.28. The van der Waals surface area contributed by atoms with Crippen LogP contribution in [-0.4, -0.2) is 77.0 Å². The summed E-state index contributed by atoms with van der Waals surface area (Å²) in [5, 5.41) is 0. The summed E-state index contributed by atoms with van der Waals surface area (Å²) in [6, 6.07) is 0. The van der Waals surface area contributed by atoms with Crippen LogP contribution >= 0.6 is 0 Å². The summed E-state index contributed by atoms with van der Waals surface area (Å²) in [5.74, 6) is -1.07. The Morgan fingerprint density at radius 3 is 2.03 bits per heavy atom. The zero-order valence-electron chi connectivity index (χ0n) is 18.4. The highest BCUT2D eigenvalue weighted by Gasteiger charge is 2.59. The molecule has 2 unspecified atom stereocenters. The summed E-state index contributed by atoms with van der Waals surface area (Å²) in [4.78, 5) is 24.8. The van der Waals surface area contributed by atoms with Gasteiger partial charge in [-0.05, 0) is 39.5 Å². The molecule has 0 aromatic carbocycles. The van der Waals surface area contributed by atoms with Crippen molar-refractivity contribution in [3.05, 3.63) is 0 Å². The Hall–Kier alpha value is -1.22. The van der Waals surface area contributed by atoms with Crippen molar-refractivity contribution in [2.75, 3.05) is 52.9 Å².